The summed E-state index contributed by atoms with van der Waals surface area (Å²) in [5.74, 6) is -2.67. The van der Waals surface area contributed by atoms with Crippen LogP contribution in [-0.4, -0.2) is 49.9 Å². The number of rotatable bonds is 5. The van der Waals surface area contributed by atoms with Crippen LogP contribution in [0.2, 0.25) is 0 Å². The lowest BCUT2D eigenvalue weighted by molar-refractivity contribution is -0.143. The van der Waals surface area contributed by atoms with Gasteiger partial charge in [0.25, 0.3) is 0 Å². The molecule has 1 saturated heterocycles. The van der Waals surface area contributed by atoms with Gasteiger partial charge in [-0.1, -0.05) is 6.07 Å². The fraction of sp³-hybridized carbons (Fsp3) is 0.480. The van der Waals surface area contributed by atoms with Gasteiger partial charge >= 0.3 is 12.4 Å². The van der Waals surface area contributed by atoms with Gasteiger partial charge in [0, 0.05) is 32.0 Å². The Balaban J connectivity index is 2.00. The normalized spacial score (nSPS) is 20.3. The van der Waals surface area contributed by atoms with Gasteiger partial charge in [0.05, 0.1) is 23.4 Å². The lowest BCUT2D eigenvalue weighted by Crippen LogP contribution is -2.48. The maximum Gasteiger partial charge on any atom is 0.416 e. The van der Waals surface area contributed by atoms with Crippen LogP contribution in [0, 0.1) is 18.7 Å². The van der Waals surface area contributed by atoms with E-state index in [1.807, 2.05) is 0 Å². The number of benzene rings is 2. The number of sulfonamides is 1. The second-order valence-electron chi connectivity index (χ2n) is 9.59. The molecule has 0 aliphatic carbocycles. The highest BCUT2D eigenvalue weighted by Crippen LogP contribution is 2.40. The van der Waals surface area contributed by atoms with Gasteiger partial charge < -0.3 is 4.90 Å². The number of carbonyl (C=O) groups is 1. The summed E-state index contributed by atoms with van der Waals surface area (Å²) in [6.45, 7) is 2.83. The van der Waals surface area contributed by atoms with E-state index in [1.165, 1.54) is 36.5 Å². The number of piperidine rings is 1. The molecular formula is C25H27F7N2O3S. The zero-order chi connectivity index (χ0) is 28.8. The van der Waals surface area contributed by atoms with Gasteiger partial charge in [-0.15, -0.1) is 0 Å². The predicted molar refractivity (Wildman–Crippen MR) is 126 cm³/mol. The highest BCUT2D eigenvalue weighted by atomic mass is 32.2. The van der Waals surface area contributed by atoms with Gasteiger partial charge in [0.2, 0.25) is 15.9 Å². The van der Waals surface area contributed by atoms with Crippen molar-refractivity contribution in [1.29, 1.82) is 0 Å². The van der Waals surface area contributed by atoms with Crippen molar-refractivity contribution in [2.75, 3.05) is 26.4 Å². The summed E-state index contributed by atoms with van der Waals surface area (Å²) >= 11 is 0. The molecular weight excluding hydrogens is 541 g/mol. The Bertz CT molecular complexity index is 1280. The molecule has 2 aromatic rings. The minimum absolute atomic E-state index is 0.00398. The Morgan fingerprint density at radius 1 is 1.03 bits per heavy atom. The SMILES string of the molecule is Cc1cc(F)ccc1C1CN(S(C)(=O)=O)CC[C@@H]1C(=O)N(C)[C@@H](C)c1cc(C(F)(F)F)cc(C(F)(F)F)c1. The molecule has 2 aromatic carbocycles. The van der Waals surface area contributed by atoms with E-state index in [1.54, 1.807) is 6.92 Å². The zero-order valence-corrected chi connectivity index (χ0v) is 21.8. The fourth-order valence-electron chi connectivity index (χ4n) is 4.79. The van der Waals surface area contributed by atoms with Crippen molar-refractivity contribution in [3.05, 3.63) is 70.0 Å². The van der Waals surface area contributed by atoms with E-state index in [9.17, 15) is 43.9 Å². The van der Waals surface area contributed by atoms with Crippen molar-refractivity contribution >= 4 is 15.9 Å². The Morgan fingerprint density at radius 2 is 1.58 bits per heavy atom. The van der Waals surface area contributed by atoms with Crippen molar-refractivity contribution < 1.29 is 43.9 Å². The first kappa shape index (κ1) is 29.9. The highest BCUT2D eigenvalue weighted by molar-refractivity contribution is 7.88. The molecule has 0 spiro atoms. The third-order valence-electron chi connectivity index (χ3n) is 7.01. The van der Waals surface area contributed by atoms with E-state index >= 15 is 0 Å². The number of halogens is 7. The van der Waals surface area contributed by atoms with Crippen molar-refractivity contribution in [2.24, 2.45) is 5.92 Å². The summed E-state index contributed by atoms with van der Waals surface area (Å²) in [6.07, 6.45) is -9.01. The average molecular weight is 569 g/mol. The molecule has 210 valence electrons. The van der Waals surface area contributed by atoms with E-state index in [0.717, 1.165) is 11.2 Å². The summed E-state index contributed by atoms with van der Waals surface area (Å²) in [4.78, 5) is 14.7. The Labute approximate surface area is 216 Å². The Hall–Kier alpha value is -2.67. The minimum atomic E-state index is -5.04. The number of carbonyl (C=O) groups excluding carboxylic acids is 1. The van der Waals surface area contributed by atoms with Crippen LogP contribution in [0.25, 0.3) is 0 Å². The average Bonchev–Trinajstić information content (AvgIpc) is 2.80. The largest absolute Gasteiger partial charge is 0.416 e. The maximum atomic E-state index is 13.7. The number of amides is 1. The number of hydrogen-bond donors (Lipinski definition) is 0. The number of alkyl halides is 6. The van der Waals surface area contributed by atoms with E-state index in [2.05, 4.69) is 0 Å². The van der Waals surface area contributed by atoms with Gasteiger partial charge in [-0.25, -0.2) is 17.1 Å². The smallest absolute Gasteiger partial charge is 0.339 e. The fourth-order valence-corrected chi connectivity index (χ4v) is 5.65. The number of nitrogens with zero attached hydrogens (tertiary/aromatic N) is 2. The number of aryl methyl sites for hydroxylation is 1. The lowest BCUT2D eigenvalue weighted by Gasteiger charge is -2.40. The maximum absolute atomic E-state index is 13.7. The predicted octanol–water partition coefficient (Wildman–Crippen LogP) is 5.76. The lowest BCUT2D eigenvalue weighted by atomic mass is 9.78. The minimum Gasteiger partial charge on any atom is -0.339 e. The molecule has 38 heavy (non-hydrogen) atoms. The summed E-state index contributed by atoms with van der Waals surface area (Å²) in [6, 6.07) is 3.88. The third kappa shape index (κ3) is 6.48. The van der Waals surface area contributed by atoms with E-state index in [-0.39, 0.29) is 31.1 Å². The molecule has 1 aliphatic rings. The second kappa shape index (κ2) is 10.5. The molecule has 0 saturated carbocycles. The third-order valence-corrected chi connectivity index (χ3v) is 8.28. The molecule has 0 bridgehead atoms. The molecule has 13 heteroatoms. The molecule has 1 aliphatic heterocycles. The first-order chi connectivity index (χ1) is 17.3. The molecule has 1 heterocycles. The van der Waals surface area contributed by atoms with Crippen LogP contribution < -0.4 is 0 Å². The standard InChI is InChI=1S/C25H27F7N2O3S/c1-14-9-19(26)5-6-20(14)22-13-34(38(4,36)37)8-7-21(22)23(35)33(3)15(2)16-10-17(24(27,28)29)12-18(11-16)25(30,31)32/h5-6,9-12,15,21-22H,7-8,13H2,1-4H3/t15-,21-,22?/m0/s1. The Morgan fingerprint density at radius 3 is 2.05 bits per heavy atom. The highest BCUT2D eigenvalue weighted by Gasteiger charge is 2.41. The molecule has 3 rings (SSSR count). The summed E-state index contributed by atoms with van der Waals surface area (Å²) in [7, 11) is -2.36. The molecule has 0 aromatic heterocycles. The zero-order valence-electron chi connectivity index (χ0n) is 21.0. The monoisotopic (exact) mass is 568 g/mol. The van der Waals surface area contributed by atoms with Crippen LogP contribution in [0.15, 0.2) is 36.4 Å². The molecule has 1 fully saturated rings. The van der Waals surface area contributed by atoms with Crippen molar-refractivity contribution in [2.45, 2.75) is 44.6 Å². The van der Waals surface area contributed by atoms with E-state index < -0.39 is 63.1 Å². The summed E-state index contributed by atoms with van der Waals surface area (Å²) in [5.41, 5.74) is -2.33. The van der Waals surface area contributed by atoms with Crippen molar-refractivity contribution in [3.8, 4) is 0 Å². The Kier molecular flexibility index (Phi) is 8.24. The number of hydrogen-bond acceptors (Lipinski definition) is 3. The van der Waals surface area contributed by atoms with Gasteiger partial charge in [-0.3, -0.25) is 4.79 Å². The first-order valence-corrected chi connectivity index (χ1v) is 13.4. The van der Waals surface area contributed by atoms with Gasteiger partial charge in [-0.2, -0.15) is 26.3 Å². The van der Waals surface area contributed by atoms with Crippen LogP contribution in [0.3, 0.4) is 0 Å². The molecule has 3 atom stereocenters. The second-order valence-corrected chi connectivity index (χ2v) is 11.6. The van der Waals surface area contributed by atoms with Crippen LogP contribution >= 0.6 is 0 Å². The van der Waals surface area contributed by atoms with Crippen molar-refractivity contribution in [3.63, 3.8) is 0 Å². The quantitative estimate of drug-likeness (QED) is 0.432. The van der Waals surface area contributed by atoms with Gasteiger partial charge in [-0.05, 0) is 67.3 Å². The van der Waals surface area contributed by atoms with E-state index in [0.29, 0.717) is 23.3 Å². The van der Waals surface area contributed by atoms with Gasteiger partial charge in [0.15, 0.2) is 0 Å². The van der Waals surface area contributed by atoms with Crippen molar-refractivity contribution in [1.82, 2.24) is 9.21 Å². The molecule has 1 unspecified atom stereocenters. The topological polar surface area (TPSA) is 57.7 Å². The van der Waals surface area contributed by atoms with Crippen LogP contribution in [0.1, 0.15) is 53.1 Å². The molecule has 5 nitrogen and oxygen atoms in total. The summed E-state index contributed by atoms with van der Waals surface area (Å²) in [5, 5.41) is 0. The summed E-state index contributed by atoms with van der Waals surface area (Å²) < 4.78 is 120. The van der Waals surface area contributed by atoms with E-state index in [4.69, 9.17) is 0 Å². The first-order valence-electron chi connectivity index (χ1n) is 11.6. The molecule has 0 radical (unpaired) electrons. The van der Waals surface area contributed by atoms with Crippen LogP contribution in [-0.2, 0) is 27.2 Å². The van der Waals surface area contributed by atoms with Crippen LogP contribution in [0.4, 0.5) is 30.7 Å². The molecule has 0 N–H and O–H groups in total. The molecule has 1 amide bonds. The van der Waals surface area contributed by atoms with Crippen LogP contribution in [0.5, 0.6) is 0 Å². The van der Waals surface area contributed by atoms with Gasteiger partial charge in [0.1, 0.15) is 5.82 Å².